The molecule has 3 heterocycles. The minimum Gasteiger partial charge on any atom is -0.343 e. The van der Waals surface area contributed by atoms with Gasteiger partial charge in [-0.25, -0.2) is 4.98 Å². The zero-order chi connectivity index (χ0) is 13.2. The molecule has 0 aromatic carbocycles. The van der Waals surface area contributed by atoms with E-state index in [0.717, 1.165) is 25.7 Å². The van der Waals surface area contributed by atoms with E-state index < -0.39 is 0 Å². The van der Waals surface area contributed by atoms with Crippen LogP contribution in [0.25, 0.3) is 0 Å². The van der Waals surface area contributed by atoms with Crippen molar-refractivity contribution in [1.29, 1.82) is 0 Å². The van der Waals surface area contributed by atoms with Crippen LogP contribution < -0.4 is 10.2 Å². The highest BCUT2D eigenvalue weighted by atomic mass is 32.1. The molecule has 0 bridgehead atoms. The van der Waals surface area contributed by atoms with Crippen LogP contribution in [0, 0.1) is 0 Å². The van der Waals surface area contributed by atoms with Crippen LogP contribution in [0.4, 0.5) is 5.13 Å². The molecular formula is C14H24N4S. The molecule has 2 atom stereocenters. The summed E-state index contributed by atoms with van der Waals surface area (Å²) in [7, 11) is 0. The van der Waals surface area contributed by atoms with Crippen LogP contribution >= 0.6 is 11.3 Å². The van der Waals surface area contributed by atoms with E-state index in [4.69, 9.17) is 4.98 Å². The Balaban J connectivity index is 1.68. The average Bonchev–Trinajstić information content (AvgIpc) is 3.03. The molecule has 2 aliphatic heterocycles. The molecule has 2 fully saturated rings. The molecule has 0 saturated carbocycles. The lowest BCUT2D eigenvalue weighted by Crippen LogP contribution is -2.55. The van der Waals surface area contributed by atoms with Crippen LogP contribution in [-0.4, -0.2) is 48.1 Å². The van der Waals surface area contributed by atoms with Crippen LogP contribution in [0.2, 0.25) is 0 Å². The summed E-state index contributed by atoms with van der Waals surface area (Å²) in [6.07, 6.45) is 2.73. The van der Waals surface area contributed by atoms with Gasteiger partial charge in [-0.2, -0.15) is 0 Å². The monoisotopic (exact) mass is 280 g/mol. The van der Waals surface area contributed by atoms with E-state index in [1.807, 2.05) is 0 Å². The first-order valence-corrected chi connectivity index (χ1v) is 8.31. The molecule has 1 aromatic heterocycles. The third kappa shape index (κ3) is 2.78. The van der Waals surface area contributed by atoms with Gasteiger partial charge in [-0.05, 0) is 32.9 Å². The number of aromatic nitrogens is 1. The topological polar surface area (TPSA) is 31.4 Å². The van der Waals surface area contributed by atoms with E-state index >= 15 is 0 Å². The maximum Gasteiger partial charge on any atom is 0.185 e. The predicted molar refractivity (Wildman–Crippen MR) is 80.9 cm³/mol. The molecule has 5 heteroatoms. The fourth-order valence-electron chi connectivity index (χ4n) is 3.22. The Morgan fingerprint density at radius 3 is 3.21 bits per heavy atom. The molecule has 0 aliphatic carbocycles. The molecule has 0 radical (unpaired) electrons. The Morgan fingerprint density at radius 2 is 2.37 bits per heavy atom. The van der Waals surface area contributed by atoms with Gasteiger partial charge in [0.25, 0.3) is 0 Å². The normalized spacial score (nSPS) is 27.8. The summed E-state index contributed by atoms with van der Waals surface area (Å²) >= 11 is 1.80. The summed E-state index contributed by atoms with van der Waals surface area (Å²) in [5, 5.41) is 6.76. The van der Waals surface area contributed by atoms with Crippen molar-refractivity contribution in [3.8, 4) is 0 Å². The highest BCUT2D eigenvalue weighted by Crippen LogP contribution is 2.30. The first-order chi connectivity index (χ1) is 9.28. The highest BCUT2D eigenvalue weighted by Gasteiger charge is 2.35. The van der Waals surface area contributed by atoms with Crippen LogP contribution in [0.5, 0.6) is 0 Å². The Morgan fingerprint density at radius 1 is 1.47 bits per heavy atom. The number of hydrogen-bond donors (Lipinski definition) is 1. The number of nitrogens with zero attached hydrogens (tertiary/aromatic N) is 3. The Labute approximate surface area is 119 Å². The second-order valence-electron chi connectivity index (χ2n) is 5.69. The van der Waals surface area contributed by atoms with Crippen molar-refractivity contribution in [3.63, 3.8) is 0 Å². The van der Waals surface area contributed by atoms with Gasteiger partial charge in [0.2, 0.25) is 0 Å². The molecular weight excluding hydrogens is 256 g/mol. The van der Waals surface area contributed by atoms with E-state index in [-0.39, 0.29) is 0 Å². The van der Waals surface area contributed by atoms with E-state index in [0.29, 0.717) is 6.04 Å². The molecule has 1 N–H and O–H groups in total. The molecule has 1 aromatic rings. The van der Waals surface area contributed by atoms with Gasteiger partial charge in [-0.15, -0.1) is 11.3 Å². The first kappa shape index (κ1) is 13.3. The summed E-state index contributed by atoms with van der Waals surface area (Å²) in [6.45, 7) is 10.0. The number of hydrogen-bond acceptors (Lipinski definition) is 5. The van der Waals surface area contributed by atoms with Gasteiger partial charge in [0.05, 0.1) is 5.69 Å². The largest absolute Gasteiger partial charge is 0.343 e. The lowest BCUT2D eigenvalue weighted by Gasteiger charge is -2.42. The smallest absolute Gasteiger partial charge is 0.185 e. The van der Waals surface area contributed by atoms with Crippen molar-refractivity contribution in [2.24, 2.45) is 0 Å². The second kappa shape index (κ2) is 5.77. The molecule has 2 unspecified atom stereocenters. The van der Waals surface area contributed by atoms with Crippen LogP contribution in [0.1, 0.15) is 32.4 Å². The standard InChI is InChI=1S/C14H24N4S/c1-3-15-7-12-10-19-14(16-12)18-9-13-5-4-6-17(13)8-11(18)2/h10-11,13,15H,3-9H2,1-2H3. The lowest BCUT2D eigenvalue weighted by atomic mass is 10.1. The molecule has 0 spiro atoms. The third-order valence-corrected chi connectivity index (χ3v) is 5.21. The van der Waals surface area contributed by atoms with Crippen molar-refractivity contribution in [1.82, 2.24) is 15.2 Å². The number of fused-ring (bicyclic) bond motifs is 1. The Hall–Kier alpha value is -0.650. The van der Waals surface area contributed by atoms with Gasteiger partial charge in [0, 0.05) is 37.1 Å². The van der Waals surface area contributed by atoms with E-state index in [9.17, 15) is 0 Å². The van der Waals surface area contributed by atoms with Crippen molar-refractivity contribution in [2.45, 2.75) is 45.3 Å². The molecule has 2 aliphatic rings. The fraction of sp³-hybridized carbons (Fsp3) is 0.786. The zero-order valence-corrected chi connectivity index (χ0v) is 12.7. The van der Waals surface area contributed by atoms with Crippen LogP contribution in [-0.2, 0) is 6.54 Å². The number of anilines is 1. The second-order valence-corrected chi connectivity index (χ2v) is 6.53. The summed E-state index contributed by atoms with van der Waals surface area (Å²) in [5.74, 6) is 0. The van der Waals surface area contributed by atoms with Gasteiger partial charge in [-0.1, -0.05) is 6.92 Å². The Bertz CT molecular complexity index is 419. The van der Waals surface area contributed by atoms with Crippen molar-refractivity contribution in [3.05, 3.63) is 11.1 Å². The fourth-order valence-corrected chi connectivity index (χ4v) is 4.15. The molecule has 19 heavy (non-hydrogen) atoms. The lowest BCUT2D eigenvalue weighted by molar-refractivity contribution is 0.203. The molecule has 0 amide bonds. The highest BCUT2D eigenvalue weighted by molar-refractivity contribution is 7.13. The first-order valence-electron chi connectivity index (χ1n) is 7.43. The number of thiazole rings is 1. The molecule has 2 saturated heterocycles. The Kier molecular flexibility index (Phi) is 4.05. The van der Waals surface area contributed by atoms with E-state index in [1.165, 1.54) is 36.8 Å². The van der Waals surface area contributed by atoms with Gasteiger partial charge in [0.15, 0.2) is 5.13 Å². The van der Waals surface area contributed by atoms with Gasteiger partial charge in [-0.3, -0.25) is 4.90 Å². The van der Waals surface area contributed by atoms with Gasteiger partial charge < -0.3 is 10.2 Å². The average molecular weight is 280 g/mol. The number of piperazine rings is 1. The summed E-state index contributed by atoms with van der Waals surface area (Å²) in [5.41, 5.74) is 1.18. The quantitative estimate of drug-likeness (QED) is 0.913. The third-order valence-electron chi connectivity index (χ3n) is 4.28. The number of rotatable bonds is 4. The maximum absolute atomic E-state index is 4.80. The zero-order valence-electron chi connectivity index (χ0n) is 11.9. The van der Waals surface area contributed by atoms with Crippen LogP contribution in [0.15, 0.2) is 5.38 Å². The number of nitrogens with one attached hydrogen (secondary N) is 1. The predicted octanol–water partition coefficient (Wildman–Crippen LogP) is 1.93. The van der Waals surface area contributed by atoms with E-state index in [1.54, 1.807) is 11.3 Å². The maximum atomic E-state index is 4.80. The van der Waals surface area contributed by atoms with Gasteiger partial charge >= 0.3 is 0 Å². The summed E-state index contributed by atoms with van der Waals surface area (Å²) < 4.78 is 0. The van der Waals surface area contributed by atoms with Crippen molar-refractivity contribution >= 4 is 16.5 Å². The van der Waals surface area contributed by atoms with E-state index in [2.05, 4.69) is 34.3 Å². The van der Waals surface area contributed by atoms with Crippen LogP contribution in [0.3, 0.4) is 0 Å². The molecule has 4 nitrogen and oxygen atoms in total. The minimum atomic E-state index is 0.590. The van der Waals surface area contributed by atoms with Crippen molar-refractivity contribution < 1.29 is 0 Å². The van der Waals surface area contributed by atoms with Gasteiger partial charge in [0.1, 0.15) is 0 Å². The summed E-state index contributed by atoms with van der Waals surface area (Å²) in [4.78, 5) is 9.98. The molecule has 106 valence electrons. The SMILES string of the molecule is CCNCc1csc(N2CC3CCCN3CC2C)n1. The van der Waals surface area contributed by atoms with Crippen molar-refractivity contribution in [2.75, 3.05) is 31.1 Å². The summed E-state index contributed by atoms with van der Waals surface area (Å²) in [6, 6.07) is 1.35. The molecule has 3 rings (SSSR count). The minimum absolute atomic E-state index is 0.590.